The van der Waals surface area contributed by atoms with Crippen molar-refractivity contribution >= 4 is 15.7 Å². The monoisotopic (exact) mass is 360 g/mol. The van der Waals surface area contributed by atoms with Crippen molar-refractivity contribution in [1.29, 1.82) is 0 Å². The number of sulfone groups is 1. The average molecular weight is 360 g/mol. The third kappa shape index (κ3) is 3.79. The van der Waals surface area contributed by atoms with E-state index >= 15 is 0 Å². The highest BCUT2D eigenvalue weighted by atomic mass is 32.2. The minimum Gasteiger partial charge on any atom is -0.353 e. The lowest BCUT2D eigenvalue weighted by atomic mass is 10.1. The lowest BCUT2D eigenvalue weighted by Crippen LogP contribution is -2.35. The van der Waals surface area contributed by atoms with Crippen LogP contribution in [0, 0.1) is 0 Å². The van der Waals surface area contributed by atoms with Crippen molar-refractivity contribution in [3.05, 3.63) is 53.9 Å². The molecule has 0 N–H and O–H groups in total. The van der Waals surface area contributed by atoms with Crippen LogP contribution in [0.3, 0.4) is 0 Å². The second-order valence-corrected chi connectivity index (χ2v) is 8.72. The highest BCUT2D eigenvalue weighted by Gasteiger charge is 2.29. The third-order valence-corrected chi connectivity index (χ3v) is 5.96. The molecule has 134 valence electrons. The first-order chi connectivity index (χ1) is 11.9. The fourth-order valence-electron chi connectivity index (χ4n) is 3.50. The van der Waals surface area contributed by atoms with Crippen LogP contribution in [-0.2, 0) is 16.9 Å². The van der Waals surface area contributed by atoms with E-state index in [0.717, 1.165) is 37.6 Å². The van der Waals surface area contributed by atoms with E-state index in [9.17, 15) is 13.2 Å². The largest absolute Gasteiger partial charge is 0.353 e. The van der Waals surface area contributed by atoms with Crippen LogP contribution in [0.2, 0.25) is 0 Å². The molecule has 1 amide bonds. The van der Waals surface area contributed by atoms with Crippen LogP contribution in [0.4, 0.5) is 0 Å². The van der Waals surface area contributed by atoms with E-state index in [1.165, 1.54) is 12.1 Å². The predicted molar refractivity (Wildman–Crippen MR) is 97.2 cm³/mol. The quantitative estimate of drug-likeness (QED) is 0.845. The number of carbonyl (C=O) groups is 1. The molecular formula is C19H24N2O3S. The molecule has 2 heterocycles. The van der Waals surface area contributed by atoms with Crippen molar-refractivity contribution in [3.8, 4) is 0 Å². The number of rotatable bonds is 3. The SMILES string of the molecule is Cn1cccc1C1CCCCCN1C(=O)c1cccc(S(C)(=O)=O)c1. The summed E-state index contributed by atoms with van der Waals surface area (Å²) in [4.78, 5) is 15.3. The molecule has 1 aliphatic rings. The van der Waals surface area contributed by atoms with Gasteiger partial charge in [-0.15, -0.1) is 0 Å². The van der Waals surface area contributed by atoms with Gasteiger partial charge in [-0.05, 0) is 43.2 Å². The van der Waals surface area contributed by atoms with Crippen LogP contribution in [-0.4, -0.2) is 36.6 Å². The molecule has 1 atom stereocenters. The van der Waals surface area contributed by atoms with Gasteiger partial charge in [-0.2, -0.15) is 0 Å². The van der Waals surface area contributed by atoms with E-state index in [0.29, 0.717) is 12.1 Å². The molecule has 0 radical (unpaired) electrons. The summed E-state index contributed by atoms with van der Waals surface area (Å²) in [5.41, 5.74) is 1.55. The minimum atomic E-state index is -3.34. The Morgan fingerprint density at radius 1 is 1.12 bits per heavy atom. The maximum absolute atomic E-state index is 13.2. The first-order valence-electron chi connectivity index (χ1n) is 8.60. The fourth-order valence-corrected chi connectivity index (χ4v) is 4.17. The molecule has 0 aliphatic carbocycles. The summed E-state index contributed by atoms with van der Waals surface area (Å²) in [6, 6.07) is 10.4. The Bertz CT molecular complexity index is 870. The molecule has 5 nitrogen and oxygen atoms in total. The lowest BCUT2D eigenvalue weighted by Gasteiger charge is -2.31. The normalized spacial score (nSPS) is 18.8. The van der Waals surface area contributed by atoms with Crippen molar-refractivity contribution in [3.63, 3.8) is 0 Å². The number of nitrogens with zero attached hydrogens (tertiary/aromatic N) is 2. The fraction of sp³-hybridized carbons (Fsp3) is 0.421. The number of aryl methyl sites for hydroxylation is 1. The summed E-state index contributed by atoms with van der Waals surface area (Å²) in [5.74, 6) is -0.0985. The standard InChI is InChI=1S/C19H24N2O3S/c1-20-12-7-11-17(20)18-10-4-3-5-13-21(18)19(22)15-8-6-9-16(14-15)25(2,23)24/h6-9,11-12,14,18H,3-5,10,13H2,1-2H3. The number of hydrogen-bond donors (Lipinski definition) is 0. The number of aromatic nitrogens is 1. The van der Waals surface area contributed by atoms with Gasteiger partial charge in [0.2, 0.25) is 0 Å². The Hall–Kier alpha value is -2.08. The predicted octanol–water partition coefficient (Wildman–Crippen LogP) is 3.19. The maximum atomic E-state index is 13.2. The van der Waals surface area contributed by atoms with Crippen LogP contribution in [0.25, 0.3) is 0 Å². The maximum Gasteiger partial charge on any atom is 0.254 e. The Morgan fingerprint density at radius 2 is 1.92 bits per heavy atom. The van der Waals surface area contributed by atoms with Gasteiger partial charge in [-0.3, -0.25) is 4.79 Å². The molecular weight excluding hydrogens is 336 g/mol. The van der Waals surface area contributed by atoms with Gasteiger partial charge < -0.3 is 9.47 Å². The average Bonchev–Trinajstić information content (AvgIpc) is 2.86. The van der Waals surface area contributed by atoms with Gasteiger partial charge in [0.15, 0.2) is 9.84 Å². The Morgan fingerprint density at radius 3 is 2.60 bits per heavy atom. The van der Waals surface area contributed by atoms with E-state index in [1.807, 2.05) is 24.2 Å². The van der Waals surface area contributed by atoms with Gasteiger partial charge in [0.25, 0.3) is 5.91 Å². The number of benzene rings is 1. The summed E-state index contributed by atoms with van der Waals surface area (Å²) < 4.78 is 25.7. The van der Waals surface area contributed by atoms with Gasteiger partial charge in [-0.25, -0.2) is 8.42 Å². The van der Waals surface area contributed by atoms with Gasteiger partial charge in [0, 0.05) is 37.3 Å². The number of hydrogen-bond acceptors (Lipinski definition) is 3. The zero-order chi connectivity index (χ0) is 18.0. The molecule has 1 aliphatic heterocycles. The van der Waals surface area contributed by atoms with Crippen LogP contribution >= 0.6 is 0 Å². The first-order valence-corrected chi connectivity index (χ1v) is 10.5. The molecule has 2 aromatic rings. The van der Waals surface area contributed by atoms with Crippen molar-refractivity contribution in [2.24, 2.45) is 7.05 Å². The Kier molecular flexibility index (Phi) is 4.99. The van der Waals surface area contributed by atoms with Gasteiger partial charge in [0.1, 0.15) is 0 Å². The zero-order valence-electron chi connectivity index (χ0n) is 14.7. The third-order valence-electron chi connectivity index (χ3n) is 4.85. The second kappa shape index (κ2) is 7.04. The van der Waals surface area contributed by atoms with Crippen LogP contribution in [0.15, 0.2) is 47.5 Å². The molecule has 0 bridgehead atoms. The molecule has 25 heavy (non-hydrogen) atoms. The minimum absolute atomic E-state index is 0.0249. The van der Waals surface area contributed by atoms with E-state index in [4.69, 9.17) is 0 Å². The van der Waals surface area contributed by atoms with Gasteiger partial charge >= 0.3 is 0 Å². The molecule has 1 unspecified atom stereocenters. The van der Waals surface area contributed by atoms with Crippen LogP contribution < -0.4 is 0 Å². The Labute approximate surface area is 149 Å². The molecule has 0 spiro atoms. The molecule has 1 aromatic heterocycles. The number of likely N-dealkylation sites (tertiary alicyclic amines) is 1. The van der Waals surface area contributed by atoms with Crippen LogP contribution in [0.1, 0.15) is 47.8 Å². The van der Waals surface area contributed by atoms with Gasteiger partial charge in [0.05, 0.1) is 10.9 Å². The second-order valence-electron chi connectivity index (χ2n) is 6.71. The topological polar surface area (TPSA) is 59.4 Å². The molecule has 6 heteroatoms. The molecule has 1 aromatic carbocycles. The highest BCUT2D eigenvalue weighted by Crippen LogP contribution is 2.31. The smallest absolute Gasteiger partial charge is 0.254 e. The van der Waals surface area contributed by atoms with E-state index in [1.54, 1.807) is 12.1 Å². The van der Waals surface area contributed by atoms with Crippen molar-refractivity contribution in [1.82, 2.24) is 9.47 Å². The van der Waals surface area contributed by atoms with E-state index < -0.39 is 9.84 Å². The molecule has 1 fully saturated rings. The zero-order valence-corrected chi connectivity index (χ0v) is 15.5. The van der Waals surface area contributed by atoms with E-state index in [2.05, 4.69) is 10.6 Å². The molecule has 3 rings (SSSR count). The first kappa shape index (κ1) is 17.7. The lowest BCUT2D eigenvalue weighted by molar-refractivity contribution is 0.0674. The summed E-state index contributed by atoms with van der Waals surface area (Å²) >= 11 is 0. The summed E-state index contributed by atoms with van der Waals surface area (Å²) in [6.07, 6.45) is 7.24. The highest BCUT2D eigenvalue weighted by molar-refractivity contribution is 7.90. The van der Waals surface area contributed by atoms with Crippen molar-refractivity contribution < 1.29 is 13.2 Å². The Balaban J connectivity index is 1.97. The molecule has 1 saturated heterocycles. The van der Waals surface area contributed by atoms with Crippen molar-refractivity contribution in [2.45, 2.75) is 36.6 Å². The summed E-state index contributed by atoms with van der Waals surface area (Å²) in [5, 5.41) is 0. The van der Waals surface area contributed by atoms with E-state index in [-0.39, 0.29) is 16.8 Å². The summed E-state index contributed by atoms with van der Waals surface area (Å²) in [6.45, 7) is 0.692. The summed E-state index contributed by atoms with van der Waals surface area (Å²) in [7, 11) is -1.34. The molecule has 0 saturated carbocycles. The van der Waals surface area contributed by atoms with Crippen molar-refractivity contribution in [2.75, 3.05) is 12.8 Å². The number of carbonyl (C=O) groups excluding carboxylic acids is 1. The number of amides is 1. The van der Waals surface area contributed by atoms with Crippen LogP contribution in [0.5, 0.6) is 0 Å². The van der Waals surface area contributed by atoms with Gasteiger partial charge in [-0.1, -0.05) is 18.9 Å².